The second-order valence-corrected chi connectivity index (χ2v) is 7.35. The van der Waals surface area contributed by atoms with Crippen LogP contribution in [0.3, 0.4) is 0 Å². The average molecular weight is 392 g/mol. The first kappa shape index (κ1) is 17.8. The molecular weight excluding hydrogens is 371 g/mol. The largest absolute Gasteiger partial charge is 0.392 e. The van der Waals surface area contributed by atoms with Crippen LogP contribution >= 0.6 is 0 Å². The van der Waals surface area contributed by atoms with Crippen molar-refractivity contribution in [3.8, 4) is 5.82 Å². The maximum Gasteiger partial charge on any atom is 0.175 e. The SMILES string of the molecule is OCc1cnn(-c2ccc(N3CCC(n4ccc5ccc(F)cc54)CC3)nn2)c1. The lowest BCUT2D eigenvalue weighted by Crippen LogP contribution is -2.35. The van der Waals surface area contributed by atoms with Crippen LogP contribution in [0.5, 0.6) is 0 Å². The molecule has 1 aliphatic rings. The third-order valence-electron chi connectivity index (χ3n) is 5.56. The van der Waals surface area contributed by atoms with Gasteiger partial charge in [-0.3, -0.25) is 0 Å². The number of aromatic nitrogens is 5. The Labute approximate surface area is 167 Å². The summed E-state index contributed by atoms with van der Waals surface area (Å²) in [6, 6.07) is 11.2. The molecule has 4 aromatic rings. The number of aliphatic hydroxyl groups is 1. The highest BCUT2D eigenvalue weighted by molar-refractivity contribution is 5.80. The lowest BCUT2D eigenvalue weighted by molar-refractivity contribution is 0.282. The van der Waals surface area contributed by atoms with E-state index in [1.54, 1.807) is 23.1 Å². The lowest BCUT2D eigenvalue weighted by atomic mass is 10.0. The predicted molar refractivity (Wildman–Crippen MR) is 107 cm³/mol. The van der Waals surface area contributed by atoms with Gasteiger partial charge in [-0.15, -0.1) is 10.2 Å². The van der Waals surface area contributed by atoms with Crippen molar-refractivity contribution in [3.05, 3.63) is 66.4 Å². The number of nitrogens with zero attached hydrogens (tertiary/aromatic N) is 6. The Hall–Kier alpha value is -3.26. The van der Waals surface area contributed by atoms with Crippen molar-refractivity contribution < 1.29 is 9.50 Å². The van der Waals surface area contributed by atoms with Crippen LogP contribution in [0.25, 0.3) is 16.7 Å². The number of benzene rings is 1. The van der Waals surface area contributed by atoms with Crippen LogP contribution in [0, 0.1) is 5.82 Å². The summed E-state index contributed by atoms with van der Waals surface area (Å²) >= 11 is 0. The average Bonchev–Trinajstić information content (AvgIpc) is 3.41. The number of hydrogen-bond acceptors (Lipinski definition) is 5. The smallest absolute Gasteiger partial charge is 0.175 e. The van der Waals surface area contributed by atoms with Gasteiger partial charge in [0.1, 0.15) is 5.82 Å². The van der Waals surface area contributed by atoms with E-state index < -0.39 is 0 Å². The molecule has 5 rings (SSSR count). The van der Waals surface area contributed by atoms with Crippen molar-refractivity contribution in [1.82, 2.24) is 24.5 Å². The van der Waals surface area contributed by atoms with Crippen molar-refractivity contribution in [1.29, 1.82) is 0 Å². The monoisotopic (exact) mass is 392 g/mol. The summed E-state index contributed by atoms with van der Waals surface area (Å²) in [5.74, 6) is 1.25. The van der Waals surface area contributed by atoms with E-state index in [2.05, 4.69) is 31.0 Å². The number of halogens is 1. The minimum atomic E-state index is -0.200. The fraction of sp³-hybridized carbons (Fsp3) is 0.286. The van der Waals surface area contributed by atoms with Gasteiger partial charge in [0.15, 0.2) is 11.6 Å². The molecule has 3 aromatic heterocycles. The maximum atomic E-state index is 13.7. The van der Waals surface area contributed by atoms with Crippen molar-refractivity contribution in [2.75, 3.05) is 18.0 Å². The molecule has 0 bridgehead atoms. The fourth-order valence-electron chi connectivity index (χ4n) is 3.99. The summed E-state index contributed by atoms with van der Waals surface area (Å²) < 4.78 is 17.5. The van der Waals surface area contributed by atoms with Crippen LogP contribution in [0.4, 0.5) is 10.2 Å². The van der Waals surface area contributed by atoms with Crippen molar-refractivity contribution >= 4 is 16.7 Å². The molecular formula is C21H21FN6O. The van der Waals surface area contributed by atoms with Gasteiger partial charge in [0, 0.05) is 37.1 Å². The summed E-state index contributed by atoms with van der Waals surface area (Å²) in [5, 5.41) is 23.0. The Morgan fingerprint density at radius 3 is 2.55 bits per heavy atom. The molecule has 0 amide bonds. The van der Waals surface area contributed by atoms with Gasteiger partial charge in [-0.2, -0.15) is 5.10 Å². The zero-order valence-corrected chi connectivity index (χ0v) is 15.8. The van der Waals surface area contributed by atoms with E-state index in [-0.39, 0.29) is 12.4 Å². The first-order valence-corrected chi connectivity index (χ1v) is 9.71. The highest BCUT2D eigenvalue weighted by Crippen LogP contribution is 2.29. The standard InChI is InChI=1S/C21H21FN6O/c22-17-2-1-16-5-10-27(19(16)11-17)18-6-8-26(9-7-18)20-3-4-21(25-24-20)28-13-15(14-29)12-23-28/h1-5,10-13,18,29H,6-9,14H2. The molecule has 1 fully saturated rings. The van der Waals surface area contributed by atoms with Crippen LogP contribution in [0.15, 0.2) is 55.0 Å². The molecule has 0 aliphatic carbocycles. The Morgan fingerprint density at radius 1 is 1.03 bits per heavy atom. The zero-order valence-electron chi connectivity index (χ0n) is 15.8. The van der Waals surface area contributed by atoms with E-state index in [0.29, 0.717) is 11.9 Å². The topological polar surface area (TPSA) is 72.0 Å². The van der Waals surface area contributed by atoms with Crippen LogP contribution in [0.2, 0.25) is 0 Å². The summed E-state index contributed by atoms with van der Waals surface area (Å²) in [5.41, 5.74) is 1.68. The molecule has 148 valence electrons. The number of anilines is 1. The van der Waals surface area contributed by atoms with Gasteiger partial charge < -0.3 is 14.6 Å². The summed E-state index contributed by atoms with van der Waals surface area (Å²) in [4.78, 5) is 2.22. The molecule has 0 saturated carbocycles. The zero-order chi connectivity index (χ0) is 19.8. The predicted octanol–water partition coefficient (Wildman–Crippen LogP) is 3.09. The second-order valence-electron chi connectivity index (χ2n) is 7.35. The minimum absolute atomic E-state index is 0.0518. The van der Waals surface area contributed by atoms with Crippen LogP contribution < -0.4 is 4.90 Å². The molecule has 1 aliphatic heterocycles. The molecule has 0 unspecified atom stereocenters. The second kappa shape index (κ2) is 7.29. The van der Waals surface area contributed by atoms with Gasteiger partial charge in [-0.1, -0.05) is 0 Å². The number of aliphatic hydroxyl groups excluding tert-OH is 1. The van der Waals surface area contributed by atoms with Gasteiger partial charge in [0.05, 0.1) is 18.3 Å². The molecule has 4 heterocycles. The number of piperidine rings is 1. The summed E-state index contributed by atoms with van der Waals surface area (Å²) in [6.07, 6.45) is 7.33. The first-order valence-electron chi connectivity index (χ1n) is 9.71. The molecule has 29 heavy (non-hydrogen) atoms. The fourth-order valence-corrected chi connectivity index (χ4v) is 3.99. The summed E-state index contributed by atoms with van der Waals surface area (Å²) in [6.45, 7) is 1.68. The van der Waals surface area contributed by atoms with Crippen molar-refractivity contribution in [2.45, 2.75) is 25.5 Å². The Morgan fingerprint density at radius 2 is 1.83 bits per heavy atom. The molecule has 1 N–H and O–H groups in total. The highest BCUT2D eigenvalue weighted by atomic mass is 19.1. The van der Waals surface area contributed by atoms with Gasteiger partial charge >= 0.3 is 0 Å². The Balaban J connectivity index is 1.28. The van der Waals surface area contributed by atoms with E-state index in [0.717, 1.165) is 48.2 Å². The van der Waals surface area contributed by atoms with Crippen LogP contribution in [-0.4, -0.2) is 42.7 Å². The Bertz CT molecular complexity index is 1130. The van der Waals surface area contributed by atoms with Crippen molar-refractivity contribution in [3.63, 3.8) is 0 Å². The number of hydrogen-bond donors (Lipinski definition) is 1. The molecule has 0 spiro atoms. The third kappa shape index (κ3) is 3.36. The van der Waals surface area contributed by atoms with E-state index in [1.807, 2.05) is 24.3 Å². The van der Waals surface area contributed by atoms with E-state index in [4.69, 9.17) is 5.11 Å². The van der Waals surface area contributed by atoms with Crippen molar-refractivity contribution in [2.24, 2.45) is 0 Å². The quantitative estimate of drug-likeness (QED) is 0.578. The van der Waals surface area contributed by atoms with Crippen LogP contribution in [-0.2, 0) is 6.61 Å². The van der Waals surface area contributed by atoms with Gasteiger partial charge in [-0.25, -0.2) is 9.07 Å². The molecule has 8 heteroatoms. The van der Waals surface area contributed by atoms with Crippen LogP contribution in [0.1, 0.15) is 24.4 Å². The van der Waals surface area contributed by atoms with Gasteiger partial charge in [-0.05, 0) is 54.6 Å². The minimum Gasteiger partial charge on any atom is -0.392 e. The molecule has 7 nitrogen and oxygen atoms in total. The summed E-state index contributed by atoms with van der Waals surface area (Å²) in [7, 11) is 0. The van der Waals surface area contributed by atoms with E-state index >= 15 is 0 Å². The first-order chi connectivity index (χ1) is 14.2. The number of fused-ring (bicyclic) bond motifs is 1. The number of rotatable bonds is 4. The van der Waals surface area contributed by atoms with Gasteiger partial charge in [0.2, 0.25) is 0 Å². The lowest BCUT2D eigenvalue weighted by Gasteiger charge is -2.33. The molecule has 1 aromatic carbocycles. The van der Waals surface area contributed by atoms with E-state index in [9.17, 15) is 4.39 Å². The Kier molecular flexibility index (Phi) is 4.48. The van der Waals surface area contributed by atoms with Gasteiger partial charge in [0.25, 0.3) is 0 Å². The van der Waals surface area contributed by atoms with E-state index in [1.165, 1.54) is 6.07 Å². The molecule has 1 saturated heterocycles. The highest BCUT2D eigenvalue weighted by Gasteiger charge is 2.22. The molecule has 0 radical (unpaired) electrons. The molecule has 0 atom stereocenters. The normalized spacial score (nSPS) is 15.3. The maximum absolute atomic E-state index is 13.7. The third-order valence-corrected chi connectivity index (χ3v) is 5.56.